The van der Waals surface area contributed by atoms with Crippen LogP contribution >= 0.6 is 27.5 Å². The lowest BCUT2D eigenvalue weighted by Crippen LogP contribution is -2.39. The van der Waals surface area contributed by atoms with E-state index in [1.807, 2.05) is 0 Å². The number of nitrogens with zero attached hydrogens (tertiary/aromatic N) is 1. The van der Waals surface area contributed by atoms with Crippen LogP contribution in [-0.4, -0.2) is 44.0 Å². The Kier molecular flexibility index (Phi) is 6.11. The zero-order valence-electron chi connectivity index (χ0n) is 10.7. The minimum atomic E-state index is -0.234. The molecule has 2 N–H and O–H groups in total. The number of halogens is 2. The molecule has 7 heteroatoms. The van der Waals surface area contributed by atoms with Gasteiger partial charge in [0.2, 0.25) is 0 Å². The molecule has 0 fully saturated rings. The largest absolute Gasteiger partial charge is 0.350 e. The van der Waals surface area contributed by atoms with Gasteiger partial charge in [0.05, 0.1) is 0 Å². The molecule has 0 saturated heterocycles. The lowest BCUT2D eigenvalue weighted by atomic mass is 10.2. The third kappa shape index (κ3) is 5.48. The summed E-state index contributed by atoms with van der Waals surface area (Å²) < 4.78 is 0.742. The van der Waals surface area contributed by atoms with Crippen LogP contribution < -0.4 is 10.6 Å². The molecule has 0 bridgehead atoms. The molecule has 1 rings (SSSR count). The first-order chi connectivity index (χ1) is 8.90. The Morgan fingerprint density at radius 3 is 2.42 bits per heavy atom. The fraction of sp³-hybridized carbons (Fsp3) is 0.333. The predicted octanol–water partition coefficient (Wildman–Crippen LogP) is 2.10. The van der Waals surface area contributed by atoms with Gasteiger partial charge in [-0.25, -0.2) is 4.79 Å². The molecule has 0 aliphatic carbocycles. The number of urea groups is 1. The Balaban J connectivity index is 2.41. The van der Waals surface area contributed by atoms with Gasteiger partial charge in [0.1, 0.15) is 0 Å². The third-order valence-electron chi connectivity index (χ3n) is 2.22. The third-order valence-corrected chi connectivity index (χ3v) is 2.89. The molecule has 104 valence electrons. The van der Waals surface area contributed by atoms with Gasteiger partial charge in [-0.15, -0.1) is 0 Å². The summed E-state index contributed by atoms with van der Waals surface area (Å²) in [6.45, 7) is 0.715. The predicted molar refractivity (Wildman–Crippen MR) is 78.6 cm³/mol. The van der Waals surface area contributed by atoms with Crippen LogP contribution in [0.5, 0.6) is 0 Å². The summed E-state index contributed by atoms with van der Waals surface area (Å²) in [6.07, 6.45) is 0. The number of carbonyl (C=O) groups is 2. The fourth-order valence-corrected chi connectivity index (χ4v) is 2.15. The van der Waals surface area contributed by atoms with Gasteiger partial charge in [-0.2, -0.15) is 0 Å². The van der Waals surface area contributed by atoms with Crippen LogP contribution in [0.1, 0.15) is 10.4 Å². The van der Waals surface area contributed by atoms with E-state index in [1.165, 1.54) is 4.90 Å². The highest BCUT2D eigenvalue weighted by Gasteiger charge is 2.07. The first-order valence-corrected chi connectivity index (χ1v) is 6.76. The zero-order chi connectivity index (χ0) is 14.4. The van der Waals surface area contributed by atoms with E-state index in [2.05, 4.69) is 26.6 Å². The number of hydrogen-bond acceptors (Lipinski definition) is 2. The average Bonchev–Trinajstić information content (AvgIpc) is 2.32. The van der Waals surface area contributed by atoms with Crippen LogP contribution in [-0.2, 0) is 0 Å². The molecule has 0 heterocycles. The van der Waals surface area contributed by atoms with Gasteiger partial charge in [-0.1, -0.05) is 27.5 Å². The Bertz CT molecular complexity index is 460. The molecule has 3 amide bonds. The standard InChI is InChI=1S/C12H15BrClN3O2/c1-17(2)12(19)16-4-3-15-11(18)8-5-9(13)7-10(14)6-8/h5-7H,3-4H2,1-2H3,(H,15,18)(H,16,19). The molecule has 0 aliphatic heterocycles. The van der Waals surface area contributed by atoms with Crippen molar-refractivity contribution in [3.8, 4) is 0 Å². The number of hydrogen-bond donors (Lipinski definition) is 2. The molecule has 0 radical (unpaired) electrons. The number of carbonyl (C=O) groups excluding carboxylic acids is 2. The lowest BCUT2D eigenvalue weighted by molar-refractivity contribution is 0.0953. The molecule has 1 aromatic rings. The molecule has 0 spiro atoms. The monoisotopic (exact) mass is 347 g/mol. The van der Waals surface area contributed by atoms with E-state index in [0.29, 0.717) is 23.7 Å². The van der Waals surface area contributed by atoms with Gasteiger partial charge in [0.25, 0.3) is 5.91 Å². The fourth-order valence-electron chi connectivity index (χ4n) is 1.29. The molecule has 0 aromatic heterocycles. The average molecular weight is 349 g/mol. The number of nitrogens with one attached hydrogen (secondary N) is 2. The maximum absolute atomic E-state index is 11.8. The van der Waals surface area contributed by atoms with Gasteiger partial charge < -0.3 is 15.5 Å². The molecule has 5 nitrogen and oxygen atoms in total. The second-order valence-electron chi connectivity index (χ2n) is 4.04. The molecule has 1 aromatic carbocycles. The van der Waals surface area contributed by atoms with E-state index < -0.39 is 0 Å². The van der Waals surface area contributed by atoms with Crippen molar-refractivity contribution in [1.29, 1.82) is 0 Å². The van der Waals surface area contributed by atoms with Gasteiger partial charge >= 0.3 is 6.03 Å². The SMILES string of the molecule is CN(C)C(=O)NCCNC(=O)c1cc(Cl)cc(Br)c1. The van der Waals surface area contributed by atoms with Crippen molar-refractivity contribution >= 4 is 39.5 Å². The Hall–Kier alpha value is -1.27. The summed E-state index contributed by atoms with van der Waals surface area (Å²) in [5, 5.41) is 5.83. The second-order valence-corrected chi connectivity index (χ2v) is 5.39. The van der Waals surface area contributed by atoms with Gasteiger partial charge in [0, 0.05) is 42.2 Å². The molecule has 0 aliphatic rings. The van der Waals surface area contributed by atoms with Crippen molar-refractivity contribution in [2.24, 2.45) is 0 Å². The minimum Gasteiger partial charge on any atom is -0.350 e. The first-order valence-electron chi connectivity index (χ1n) is 5.59. The molecule has 0 atom stereocenters. The maximum Gasteiger partial charge on any atom is 0.316 e. The van der Waals surface area contributed by atoms with Crippen molar-refractivity contribution in [3.05, 3.63) is 33.3 Å². The normalized spacial score (nSPS) is 9.89. The number of benzene rings is 1. The summed E-state index contributed by atoms with van der Waals surface area (Å²) in [6, 6.07) is 4.77. The van der Waals surface area contributed by atoms with Crippen LogP contribution in [0.4, 0.5) is 4.79 Å². The van der Waals surface area contributed by atoms with Crippen molar-refractivity contribution in [2.45, 2.75) is 0 Å². The Morgan fingerprint density at radius 1 is 1.21 bits per heavy atom. The molecule has 19 heavy (non-hydrogen) atoms. The van der Waals surface area contributed by atoms with Crippen molar-refractivity contribution < 1.29 is 9.59 Å². The quantitative estimate of drug-likeness (QED) is 0.819. The highest BCUT2D eigenvalue weighted by molar-refractivity contribution is 9.10. The topological polar surface area (TPSA) is 61.4 Å². The van der Waals surface area contributed by atoms with Crippen molar-refractivity contribution in [1.82, 2.24) is 15.5 Å². The van der Waals surface area contributed by atoms with E-state index >= 15 is 0 Å². The van der Waals surface area contributed by atoms with Crippen molar-refractivity contribution in [2.75, 3.05) is 27.2 Å². The summed E-state index contributed by atoms with van der Waals surface area (Å²) >= 11 is 9.13. The van der Waals surface area contributed by atoms with Crippen LogP contribution in [0.25, 0.3) is 0 Å². The summed E-state index contributed by atoms with van der Waals surface area (Å²) in [5.41, 5.74) is 0.471. The summed E-state index contributed by atoms with van der Waals surface area (Å²) in [5.74, 6) is -0.234. The number of rotatable bonds is 4. The number of amides is 3. The van der Waals surface area contributed by atoms with Crippen molar-refractivity contribution in [3.63, 3.8) is 0 Å². The van der Waals surface area contributed by atoms with E-state index in [0.717, 1.165) is 4.47 Å². The van der Waals surface area contributed by atoms with E-state index in [1.54, 1.807) is 32.3 Å². The molecule has 0 saturated carbocycles. The molecular formula is C12H15BrClN3O2. The van der Waals surface area contributed by atoms with E-state index in [-0.39, 0.29) is 11.9 Å². The molecular weight excluding hydrogens is 334 g/mol. The smallest absolute Gasteiger partial charge is 0.316 e. The van der Waals surface area contributed by atoms with Gasteiger partial charge in [-0.3, -0.25) is 4.79 Å². The lowest BCUT2D eigenvalue weighted by Gasteiger charge is -2.12. The van der Waals surface area contributed by atoms with Gasteiger partial charge in [0.15, 0.2) is 0 Å². The highest BCUT2D eigenvalue weighted by atomic mass is 79.9. The molecule has 0 unspecified atom stereocenters. The Labute approximate surface area is 125 Å². The first kappa shape index (κ1) is 15.8. The highest BCUT2D eigenvalue weighted by Crippen LogP contribution is 2.19. The Morgan fingerprint density at radius 2 is 1.84 bits per heavy atom. The van der Waals surface area contributed by atoms with E-state index in [4.69, 9.17) is 11.6 Å². The maximum atomic E-state index is 11.8. The van der Waals surface area contributed by atoms with Gasteiger partial charge in [-0.05, 0) is 18.2 Å². The van der Waals surface area contributed by atoms with Crippen LogP contribution in [0, 0.1) is 0 Å². The summed E-state index contributed by atoms with van der Waals surface area (Å²) in [7, 11) is 3.30. The van der Waals surface area contributed by atoms with Crippen LogP contribution in [0.15, 0.2) is 22.7 Å². The van der Waals surface area contributed by atoms with Crippen LogP contribution in [0.3, 0.4) is 0 Å². The second kappa shape index (κ2) is 7.35. The summed E-state index contributed by atoms with van der Waals surface area (Å²) in [4.78, 5) is 24.5. The minimum absolute atomic E-state index is 0.195. The van der Waals surface area contributed by atoms with E-state index in [9.17, 15) is 9.59 Å². The van der Waals surface area contributed by atoms with Crippen LogP contribution in [0.2, 0.25) is 5.02 Å². The zero-order valence-corrected chi connectivity index (χ0v) is 13.0.